The van der Waals surface area contributed by atoms with E-state index in [-0.39, 0.29) is 4.83 Å². The number of hydrogen-bond donors (Lipinski definition) is 0. The van der Waals surface area contributed by atoms with E-state index in [1.165, 1.54) is 26.8 Å². The third-order valence-corrected chi connectivity index (χ3v) is 5.77. The summed E-state index contributed by atoms with van der Waals surface area (Å²) in [6, 6.07) is 15.0. The van der Waals surface area contributed by atoms with E-state index in [1.54, 1.807) is 18.4 Å². The second kappa shape index (κ2) is 5.58. The van der Waals surface area contributed by atoms with Crippen molar-refractivity contribution < 1.29 is 4.74 Å². The molecule has 102 valence electrons. The monoisotopic (exact) mass is 346 g/mol. The maximum absolute atomic E-state index is 5.44. The zero-order valence-corrected chi connectivity index (χ0v) is 13.8. The summed E-state index contributed by atoms with van der Waals surface area (Å²) in [4.78, 5) is 1.37. The van der Waals surface area contributed by atoms with Crippen molar-refractivity contribution in [2.24, 2.45) is 0 Å². The van der Waals surface area contributed by atoms with Crippen molar-refractivity contribution in [2.45, 2.75) is 11.8 Å². The molecule has 1 unspecified atom stereocenters. The molecule has 0 N–H and O–H groups in total. The fourth-order valence-electron chi connectivity index (χ4n) is 2.50. The van der Waals surface area contributed by atoms with Gasteiger partial charge in [0.05, 0.1) is 16.8 Å². The molecule has 1 aromatic heterocycles. The van der Waals surface area contributed by atoms with Crippen LogP contribution in [0.25, 0.3) is 10.8 Å². The summed E-state index contributed by atoms with van der Waals surface area (Å²) in [5.74, 6) is 0.946. The van der Waals surface area contributed by atoms with Gasteiger partial charge in [-0.2, -0.15) is 0 Å². The summed E-state index contributed by atoms with van der Waals surface area (Å²) in [5.41, 5.74) is 2.59. The van der Waals surface area contributed by atoms with Crippen molar-refractivity contribution in [3.8, 4) is 5.75 Å². The molecule has 0 fully saturated rings. The molecule has 1 heterocycles. The van der Waals surface area contributed by atoms with Crippen LogP contribution in [0.1, 0.15) is 20.8 Å². The Morgan fingerprint density at radius 1 is 1.05 bits per heavy atom. The molecular weight excluding hydrogens is 332 g/mol. The molecule has 0 aliphatic heterocycles. The predicted molar refractivity (Wildman–Crippen MR) is 90.3 cm³/mol. The molecule has 0 aliphatic rings. The van der Waals surface area contributed by atoms with Gasteiger partial charge in [0.2, 0.25) is 0 Å². The highest BCUT2D eigenvalue weighted by atomic mass is 79.9. The van der Waals surface area contributed by atoms with Crippen LogP contribution in [0.3, 0.4) is 0 Å². The van der Waals surface area contributed by atoms with Crippen LogP contribution in [0, 0.1) is 6.92 Å². The number of rotatable bonds is 3. The molecule has 0 radical (unpaired) electrons. The van der Waals surface area contributed by atoms with Crippen LogP contribution in [-0.2, 0) is 0 Å². The van der Waals surface area contributed by atoms with Gasteiger partial charge in [-0.05, 0) is 40.3 Å². The lowest BCUT2D eigenvalue weighted by molar-refractivity contribution is 0.413. The van der Waals surface area contributed by atoms with Crippen molar-refractivity contribution in [3.05, 3.63) is 63.8 Å². The first-order chi connectivity index (χ1) is 9.72. The molecule has 3 heteroatoms. The van der Waals surface area contributed by atoms with Crippen LogP contribution >= 0.6 is 27.3 Å². The average Bonchev–Trinajstić information content (AvgIpc) is 2.96. The van der Waals surface area contributed by atoms with E-state index < -0.39 is 0 Å². The molecule has 0 aliphatic carbocycles. The largest absolute Gasteiger partial charge is 0.496 e. The van der Waals surface area contributed by atoms with Crippen LogP contribution in [0.4, 0.5) is 0 Å². The maximum Gasteiger partial charge on any atom is 0.134 e. The summed E-state index contributed by atoms with van der Waals surface area (Å²) in [7, 11) is 1.72. The Labute approximate surface area is 131 Å². The Kier molecular flexibility index (Phi) is 3.81. The van der Waals surface area contributed by atoms with Gasteiger partial charge < -0.3 is 4.74 Å². The van der Waals surface area contributed by atoms with Crippen molar-refractivity contribution in [1.82, 2.24) is 0 Å². The zero-order valence-electron chi connectivity index (χ0n) is 11.4. The standard InChI is InChI=1S/C17H15BrOS/c1-11-7-8-14(13-6-4-3-5-12(11)13)16(18)17-15(19-2)9-10-20-17/h3-10,16H,1-2H3. The summed E-state index contributed by atoms with van der Waals surface area (Å²) >= 11 is 5.56. The Morgan fingerprint density at radius 3 is 2.55 bits per heavy atom. The quantitative estimate of drug-likeness (QED) is 0.552. The third-order valence-electron chi connectivity index (χ3n) is 3.56. The number of halogens is 1. The second-order valence-electron chi connectivity index (χ2n) is 4.73. The SMILES string of the molecule is COc1ccsc1C(Br)c1ccc(C)c2ccccc12. The van der Waals surface area contributed by atoms with Crippen LogP contribution < -0.4 is 4.74 Å². The number of aryl methyl sites for hydroxylation is 1. The van der Waals surface area contributed by atoms with Crippen LogP contribution in [0.2, 0.25) is 0 Å². The van der Waals surface area contributed by atoms with Crippen molar-refractivity contribution in [3.63, 3.8) is 0 Å². The summed E-state index contributed by atoms with van der Waals surface area (Å²) < 4.78 is 5.44. The number of thiophene rings is 1. The second-order valence-corrected chi connectivity index (χ2v) is 6.60. The summed E-state index contributed by atoms with van der Waals surface area (Å²) in [5, 5.41) is 4.67. The molecule has 20 heavy (non-hydrogen) atoms. The van der Waals surface area contributed by atoms with Gasteiger partial charge in [0.1, 0.15) is 5.75 Å². The number of benzene rings is 2. The Balaban J connectivity index is 2.17. The number of fused-ring (bicyclic) bond motifs is 1. The fourth-order valence-corrected chi connectivity index (χ4v) is 4.30. The normalized spacial score (nSPS) is 12.6. The Bertz CT molecular complexity index is 748. The first-order valence-electron chi connectivity index (χ1n) is 6.46. The first-order valence-corrected chi connectivity index (χ1v) is 8.25. The zero-order chi connectivity index (χ0) is 14.1. The molecule has 0 amide bonds. The lowest BCUT2D eigenvalue weighted by atomic mass is 9.98. The molecule has 0 bridgehead atoms. The van der Waals surface area contributed by atoms with Crippen LogP contribution in [0.15, 0.2) is 47.8 Å². The van der Waals surface area contributed by atoms with Gasteiger partial charge in [-0.1, -0.05) is 52.3 Å². The molecule has 2 aromatic carbocycles. The minimum atomic E-state index is 0.156. The molecule has 0 saturated heterocycles. The number of methoxy groups -OCH3 is 1. The van der Waals surface area contributed by atoms with E-state index in [0.717, 1.165) is 5.75 Å². The fraction of sp³-hybridized carbons (Fsp3) is 0.176. The van der Waals surface area contributed by atoms with E-state index in [2.05, 4.69) is 64.6 Å². The lowest BCUT2D eigenvalue weighted by Gasteiger charge is -2.15. The van der Waals surface area contributed by atoms with E-state index in [4.69, 9.17) is 4.74 Å². The minimum absolute atomic E-state index is 0.156. The third kappa shape index (κ3) is 2.25. The molecule has 3 aromatic rings. The lowest BCUT2D eigenvalue weighted by Crippen LogP contribution is -1.95. The first kappa shape index (κ1) is 13.7. The number of ether oxygens (including phenoxy) is 1. The van der Waals surface area contributed by atoms with Gasteiger partial charge in [0.25, 0.3) is 0 Å². The predicted octanol–water partition coefficient (Wildman–Crippen LogP) is 5.70. The number of hydrogen-bond acceptors (Lipinski definition) is 2. The summed E-state index contributed by atoms with van der Waals surface area (Å²) in [6.45, 7) is 2.15. The molecular formula is C17H15BrOS. The Morgan fingerprint density at radius 2 is 1.80 bits per heavy atom. The van der Waals surface area contributed by atoms with E-state index >= 15 is 0 Å². The highest BCUT2D eigenvalue weighted by Crippen LogP contribution is 2.42. The van der Waals surface area contributed by atoms with Gasteiger partial charge in [0.15, 0.2) is 0 Å². The molecule has 0 saturated carbocycles. The minimum Gasteiger partial charge on any atom is -0.496 e. The van der Waals surface area contributed by atoms with E-state index in [0.29, 0.717) is 0 Å². The number of alkyl halides is 1. The van der Waals surface area contributed by atoms with Gasteiger partial charge in [-0.25, -0.2) is 0 Å². The molecule has 0 spiro atoms. The van der Waals surface area contributed by atoms with Gasteiger partial charge in [-0.15, -0.1) is 11.3 Å². The van der Waals surface area contributed by atoms with E-state index in [1.807, 2.05) is 6.07 Å². The van der Waals surface area contributed by atoms with Crippen molar-refractivity contribution >= 4 is 38.0 Å². The molecule has 3 rings (SSSR count). The highest BCUT2D eigenvalue weighted by Gasteiger charge is 2.19. The van der Waals surface area contributed by atoms with Gasteiger partial charge in [0, 0.05) is 0 Å². The van der Waals surface area contributed by atoms with Gasteiger partial charge in [-0.3, -0.25) is 0 Å². The summed E-state index contributed by atoms with van der Waals surface area (Å²) in [6.07, 6.45) is 0. The topological polar surface area (TPSA) is 9.23 Å². The van der Waals surface area contributed by atoms with Crippen LogP contribution in [0.5, 0.6) is 5.75 Å². The Hall–Kier alpha value is -1.32. The molecule has 1 nitrogen and oxygen atoms in total. The maximum atomic E-state index is 5.44. The van der Waals surface area contributed by atoms with Gasteiger partial charge >= 0.3 is 0 Å². The van der Waals surface area contributed by atoms with Crippen LogP contribution in [-0.4, -0.2) is 7.11 Å². The highest BCUT2D eigenvalue weighted by molar-refractivity contribution is 9.09. The molecule has 1 atom stereocenters. The van der Waals surface area contributed by atoms with E-state index in [9.17, 15) is 0 Å². The van der Waals surface area contributed by atoms with Crippen molar-refractivity contribution in [2.75, 3.05) is 7.11 Å². The van der Waals surface area contributed by atoms with Crippen molar-refractivity contribution in [1.29, 1.82) is 0 Å². The average molecular weight is 347 g/mol. The smallest absolute Gasteiger partial charge is 0.134 e.